The number of hydrogen-bond acceptors (Lipinski definition) is 7. The van der Waals surface area contributed by atoms with Gasteiger partial charge in [-0.15, -0.1) is 0 Å². The molecule has 3 amide bonds. The van der Waals surface area contributed by atoms with Crippen molar-refractivity contribution in [1.82, 2.24) is 20.9 Å². The van der Waals surface area contributed by atoms with Crippen molar-refractivity contribution in [3.05, 3.63) is 71.9 Å². The van der Waals surface area contributed by atoms with Crippen LogP contribution in [0.2, 0.25) is 0 Å². The van der Waals surface area contributed by atoms with Gasteiger partial charge in [-0.1, -0.05) is 48.5 Å². The first-order chi connectivity index (χ1) is 20.9. The van der Waals surface area contributed by atoms with E-state index in [1.807, 2.05) is 0 Å². The zero-order chi connectivity index (χ0) is 32.2. The first kappa shape index (κ1) is 33.3. The number of carbonyl (C=O) groups excluding carboxylic acids is 3. The highest BCUT2D eigenvalue weighted by molar-refractivity contribution is 5.95. The molecule has 0 aliphatic heterocycles. The second kappa shape index (κ2) is 15.8. The Balaban J connectivity index is 1.74. The number of fused-ring (bicyclic) bond motifs is 1. The normalized spacial score (nSPS) is 13.7. The number of benzene rings is 2. The Morgan fingerprint density at radius 3 is 1.77 bits per heavy atom. The molecule has 3 aromatic rings. The number of carboxylic acids is 3. The summed E-state index contributed by atoms with van der Waals surface area (Å²) < 4.78 is 0. The van der Waals surface area contributed by atoms with Crippen LogP contribution in [0.3, 0.4) is 0 Å². The van der Waals surface area contributed by atoms with Crippen molar-refractivity contribution in [2.24, 2.45) is 5.73 Å². The summed E-state index contributed by atoms with van der Waals surface area (Å²) in [6, 6.07) is 10.6. The molecular formula is C30H35N5O9. The van der Waals surface area contributed by atoms with Gasteiger partial charge in [0.15, 0.2) is 0 Å². The van der Waals surface area contributed by atoms with Crippen molar-refractivity contribution in [3.63, 3.8) is 0 Å². The van der Waals surface area contributed by atoms with Gasteiger partial charge in [-0.05, 0) is 36.5 Å². The van der Waals surface area contributed by atoms with Gasteiger partial charge in [-0.2, -0.15) is 0 Å². The number of carboxylic acid groups (broad SMARTS) is 3. The molecule has 1 heterocycles. The molecule has 14 heteroatoms. The van der Waals surface area contributed by atoms with Gasteiger partial charge in [0.05, 0.1) is 6.04 Å². The van der Waals surface area contributed by atoms with Gasteiger partial charge in [0.2, 0.25) is 17.7 Å². The quantitative estimate of drug-likeness (QED) is 0.106. The lowest BCUT2D eigenvalue weighted by molar-refractivity contribution is -0.143. The smallest absolute Gasteiger partial charge is 0.326 e. The van der Waals surface area contributed by atoms with Gasteiger partial charge in [0, 0.05) is 36.4 Å². The number of nitrogens with one attached hydrogen (secondary N) is 4. The fourth-order valence-corrected chi connectivity index (χ4v) is 4.58. The van der Waals surface area contributed by atoms with E-state index in [1.165, 1.54) is 0 Å². The standard InChI is InChI=1S/C30H35N5O9/c31-20(14-17-6-2-1-3-7-17)27(40)33-22(10-12-25(36)37)28(41)34-23(11-13-26(38)39)29(42)35-24(30(43)44)15-18-16-32-21-9-5-4-8-19(18)21/h1-9,16,20,22-24,32H,10-15,31H2,(H,33,40)(H,34,41)(H,35,42)(H,36,37)(H,38,39)(H,43,44). The minimum atomic E-state index is -1.51. The summed E-state index contributed by atoms with van der Waals surface area (Å²) in [5.41, 5.74) is 8.15. The van der Waals surface area contributed by atoms with E-state index in [-0.39, 0.29) is 19.3 Å². The Bertz CT molecular complexity index is 1490. The highest BCUT2D eigenvalue weighted by atomic mass is 16.4. The molecule has 0 saturated heterocycles. The van der Waals surface area contributed by atoms with E-state index < -0.39 is 79.1 Å². The SMILES string of the molecule is NC(Cc1ccccc1)C(=O)NC(CCC(=O)O)C(=O)NC(CCC(=O)O)C(=O)NC(Cc1c[nH]c2ccccc12)C(=O)O. The molecule has 44 heavy (non-hydrogen) atoms. The molecule has 4 atom stereocenters. The second-order valence-electron chi connectivity index (χ2n) is 10.2. The van der Waals surface area contributed by atoms with Crippen molar-refractivity contribution < 1.29 is 44.1 Å². The number of aliphatic carboxylic acids is 3. The summed E-state index contributed by atoms with van der Waals surface area (Å²) in [6.07, 6.45) is -0.167. The molecule has 0 radical (unpaired) electrons. The Kier molecular flexibility index (Phi) is 12.0. The molecule has 3 rings (SSSR count). The summed E-state index contributed by atoms with van der Waals surface area (Å²) in [4.78, 5) is 76.9. The minimum Gasteiger partial charge on any atom is -0.481 e. The third-order valence-electron chi connectivity index (χ3n) is 6.91. The molecule has 0 fully saturated rings. The van der Waals surface area contributed by atoms with Crippen LogP contribution in [0.15, 0.2) is 60.8 Å². The van der Waals surface area contributed by atoms with Crippen molar-refractivity contribution in [1.29, 1.82) is 0 Å². The van der Waals surface area contributed by atoms with Crippen LogP contribution in [-0.4, -0.2) is 80.1 Å². The van der Waals surface area contributed by atoms with E-state index in [2.05, 4.69) is 20.9 Å². The summed E-state index contributed by atoms with van der Waals surface area (Å²) in [6.45, 7) is 0. The van der Waals surface area contributed by atoms with Crippen LogP contribution >= 0.6 is 0 Å². The Morgan fingerprint density at radius 1 is 0.682 bits per heavy atom. The number of para-hydroxylation sites is 1. The first-order valence-corrected chi connectivity index (χ1v) is 13.9. The first-order valence-electron chi connectivity index (χ1n) is 13.9. The average molecular weight is 610 g/mol. The average Bonchev–Trinajstić information content (AvgIpc) is 3.39. The van der Waals surface area contributed by atoms with E-state index in [0.717, 1.165) is 16.5 Å². The van der Waals surface area contributed by atoms with Crippen LogP contribution in [0, 0.1) is 0 Å². The molecule has 14 nitrogen and oxygen atoms in total. The molecule has 9 N–H and O–H groups in total. The van der Waals surface area contributed by atoms with E-state index in [9.17, 15) is 39.0 Å². The third-order valence-corrected chi connectivity index (χ3v) is 6.91. The van der Waals surface area contributed by atoms with Crippen LogP contribution < -0.4 is 21.7 Å². The van der Waals surface area contributed by atoms with Gasteiger partial charge in [-0.3, -0.25) is 24.0 Å². The van der Waals surface area contributed by atoms with Crippen LogP contribution in [0.1, 0.15) is 36.8 Å². The molecule has 234 valence electrons. The molecule has 2 aromatic carbocycles. The maximum Gasteiger partial charge on any atom is 0.326 e. The van der Waals surface area contributed by atoms with Crippen molar-refractivity contribution in [2.75, 3.05) is 0 Å². The van der Waals surface area contributed by atoms with Crippen molar-refractivity contribution in [3.8, 4) is 0 Å². The Morgan fingerprint density at radius 2 is 1.20 bits per heavy atom. The summed E-state index contributed by atoms with van der Waals surface area (Å²) in [5.74, 6) is -6.53. The predicted octanol–water partition coefficient (Wildman–Crippen LogP) is 0.549. The van der Waals surface area contributed by atoms with E-state index in [0.29, 0.717) is 5.56 Å². The lowest BCUT2D eigenvalue weighted by Gasteiger charge is -2.25. The molecule has 0 spiro atoms. The molecule has 0 aliphatic rings. The fourth-order valence-electron chi connectivity index (χ4n) is 4.58. The molecule has 0 bridgehead atoms. The van der Waals surface area contributed by atoms with Crippen molar-refractivity contribution in [2.45, 2.75) is 62.7 Å². The highest BCUT2D eigenvalue weighted by Gasteiger charge is 2.31. The number of nitrogens with two attached hydrogens (primary N) is 1. The monoisotopic (exact) mass is 609 g/mol. The lowest BCUT2D eigenvalue weighted by Crippen LogP contribution is -2.57. The summed E-state index contributed by atoms with van der Waals surface area (Å²) in [7, 11) is 0. The maximum absolute atomic E-state index is 13.2. The number of rotatable bonds is 17. The number of aromatic amines is 1. The van der Waals surface area contributed by atoms with Gasteiger partial charge in [0.1, 0.15) is 18.1 Å². The predicted molar refractivity (Wildman–Crippen MR) is 157 cm³/mol. The lowest BCUT2D eigenvalue weighted by atomic mass is 10.0. The van der Waals surface area contributed by atoms with E-state index in [4.69, 9.17) is 10.8 Å². The minimum absolute atomic E-state index is 0.110. The maximum atomic E-state index is 13.2. The van der Waals surface area contributed by atoms with Crippen LogP contribution in [0.5, 0.6) is 0 Å². The highest BCUT2D eigenvalue weighted by Crippen LogP contribution is 2.19. The number of H-pyrrole nitrogens is 1. The fraction of sp³-hybridized carbons (Fsp3) is 0.333. The number of aromatic nitrogens is 1. The number of amides is 3. The van der Waals surface area contributed by atoms with E-state index in [1.54, 1.807) is 60.8 Å². The van der Waals surface area contributed by atoms with Crippen molar-refractivity contribution >= 4 is 46.5 Å². The molecule has 0 aliphatic carbocycles. The topological polar surface area (TPSA) is 241 Å². The van der Waals surface area contributed by atoms with Gasteiger partial charge in [-0.25, -0.2) is 4.79 Å². The summed E-state index contributed by atoms with van der Waals surface area (Å²) in [5, 5.41) is 36.1. The van der Waals surface area contributed by atoms with E-state index >= 15 is 0 Å². The number of hydrogen-bond donors (Lipinski definition) is 8. The van der Waals surface area contributed by atoms with Crippen LogP contribution in [-0.2, 0) is 41.6 Å². The van der Waals surface area contributed by atoms with Gasteiger partial charge >= 0.3 is 17.9 Å². The van der Waals surface area contributed by atoms with Gasteiger partial charge < -0.3 is 42.0 Å². The zero-order valence-electron chi connectivity index (χ0n) is 23.7. The molecule has 4 unspecified atom stereocenters. The summed E-state index contributed by atoms with van der Waals surface area (Å²) >= 11 is 0. The Labute approximate surface area is 252 Å². The van der Waals surface area contributed by atoms with Crippen LogP contribution in [0.25, 0.3) is 10.9 Å². The molecule has 1 aromatic heterocycles. The van der Waals surface area contributed by atoms with Gasteiger partial charge in [0.25, 0.3) is 0 Å². The zero-order valence-corrected chi connectivity index (χ0v) is 23.7. The van der Waals surface area contributed by atoms with Crippen LogP contribution in [0.4, 0.5) is 0 Å². The molecule has 0 saturated carbocycles. The number of carbonyl (C=O) groups is 6. The largest absolute Gasteiger partial charge is 0.481 e. The third kappa shape index (κ3) is 9.94. The Hall–Kier alpha value is -5.24. The molecular weight excluding hydrogens is 574 g/mol. The second-order valence-corrected chi connectivity index (χ2v) is 10.2.